The Labute approximate surface area is 104 Å². The zero-order valence-corrected chi connectivity index (χ0v) is 10.3. The van der Waals surface area contributed by atoms with Crippen molar-refractivity contribution in [3.8, 4) is 0 Å². The van der Waals surface area contributed by atoms with E-state index in [0.717, 1.165) is 0 Å². The van der Waals surface area contributed by atoms with Gasteiger partial charge in [-0.1, -0.05) is 0 Å². The minimum Gasteiger partial charge on any atom is -1.00 e. The van der Waals surface area contributed by atoms with Gasteiger partial charge in [-0.2, -0.15) is 0 Å². The van der Waals surface area contributed by atoms with Crippen LogP contribution in [0.15, 0.2) is 0 Å². The van der Waals surface area contributed by atoms with Crippen LogP contribution in [0.1, 0.15) is 4.28 Å². The molecular weight excluding hydrogens is 231 g/mol. The molecule has 0 bridgehead atoms. The van der Waals surface area contributed by atoms with Crippen LogP contribution < -0.4 is 18.9 Å². The van der Waals surface area contributed by atoms with Gasteiger partial charge >= 0.3 is 41.9 Å². The Bertz CT molecular complexity index is 19.2. The van der Waals surface area contributed by atoms with Crippen molar-refractivity contribution < 1.29 is 65.0 Å². The maximum Gasteiger partial charge on any atom is 2.00 e. The SMILES string of the molecule is [Ag].[Al].[H-].[H-].[H-].[Li+].[Mg+2].[Zn]. The van der Waals surface area contributed by atoms with Crippen LogP contribution in [0, 0.1) is 0 Å². The smallest absolute Gasteiger partial charge is 1.00 e. The molecule has 0 nitrogen and oxygen atoms in total. The largest absolute Gasteiger partial charge is 2.00 e. The van der Waals surface area contributed by atoms with Crippen LogP contribution in [0.5, 0.6) is 0 Å². The van der Waals surface area contributed by atoms with E-state index in [1.54, 1.807) is 0 Å². The quantitative estimate of drug-likeness (QED) is 0.383. The van der Waals surface area contributed by atoms with Crippen LogP contribution in [0.4, 0.5) is 0 Å². The molecule has 0 N–H and O–H groups in total. The molecule has 5 heteroatoms. The van der Waals surface area contributed by atoms with Crippen LogP contribution in [0.3, 0.4) is 0 Å². The molecule has 0 aromatic rings. The van der Waals surface area contributed by atoms with E-state index in [1.807, 2.05) is 0 Å². The third kappa shape index (κ3) is 18.9. The Hall–Kier alpha value is 3.26. The van der Waals surface area contributed by atoms with E-state index in [-0.39, 0.29) is 105 Å². The van der Waals surface area contributed by atoms with Crippen LogP contribution in [-0.2, 0) is 41.9 Å². The fourth-order valence-corrected chi connectivity index (χ4v) is 0. The Morgan fingerprint density at radius 1 is 1.20 bits per heavy atom. The standard InChI is InChI=1S/Ag.Al.Li.Mg.Zn.3H/q;;+1;+2;;3*-1. The Morgan fingerprint density at radius 3 is 1.20 bits per heavy atom. The summed E-state index contributed by atoms with van der Waals surface area (Å²) in [6.45, 7) is 0. The van der Waals surface area contributed by atoms with E-state index >= 15 is 0 Å². The van der Waals surface area contributed by atoms with Gasteiger partial charge in [-0.3, -0.25) is 0 Å². The van der Waals surface area contributed by atoms with E-state index in [0.29, 0.717) is 0 Å². The van der Waals surface area contributed by atoms with Crippen molar-refractivity contribution in [2.75, 3.05) is 0 Å². The van der Waals surface area contributed by atoms with Crippen LogP contribution >= 0.6 is 0 Å². The zero-order valence-electron chi connectivity index (χ0n) is 6.29. The Balaban J connectivity index is 0. The zero-order chi connectivity index (χ0) is 0. The minimum atomic E-state index is 0. The number of hydrogen-bond acceptors (Lipinski definition) is 0. The second-order valence-corrected chi connectivity index (χ2v) is 0. The predicted octanol–water partition coefficient (Wildman–Crippen LogP) is -3.43. The monoisotopic (exact) mass is 232 g/mol. The number of rotatable bonds is 0. The first-order valence-electron chi connectivity index (χ1n) is 0. The van der Waals surface area contributed by atoms with Gasteiger partial charge in [0.2, 0.25) is 0 Å². The first-order chi connectivity index (χ1) is 0. The molecule has 0 aliphatic heterocycles. The molecular formula is H3AgAlLiMgZn. The third-order valence-electron chi connectivity index (χ3n) is 0. The Morgan fingerprint density at radius 2 is 1.20 bits per heavy atom. The van der Waals surface area contributed by atoms with Gasteiger partial charge in [0.25, 0.3) is 0 Å². The van der Waals surface area contributed by atoms with Gasteiger partial charge in [0.15, 0.2) is 0 Å². The van der Waals surface area contributed by atoms with Crippen molar-refractivity contribution >= 4 is 40.4 Å². The molecule has 4 radical (unpaired) electrons. The number of hydrogen-bond donors (Lipinski definition) is 0. The van der Waals surface area contributed by atoms with E-state index in [4.69, 9.17) is 0 Å². The summed E-state index contributed by atoms with van der Waals surface area (Å²) in [6.07, 6.45) is 0. The fourth-order valence-electron chi connectivity index (χ4n) is 0. The van der Waals surface area contributed by atoms with Crippen LogP contribution in [0.2, 0.25) is 0 Å². The summed E-state index contributed by atoms with van der Waals surface area (Å²) in [5.74, 6) is 0. The van der Waals surface area contributed by atoms with Gasteiger partial charge < -0.3 is 4.28 Å². The van der Waals surface area contributed by atoms with Crippen LogP contribution in [-0.4, -0.2) is 40.4 Å². The molecule has 0 unspecified atom stereocenters. The molecule has 0 aromatic carbocycles. The molecule has 0 saturated carbocycles. The van der Waals surface area contributed by atoms with Crippen molar-refractivity contribution in [1.82, 2.24) is 0 Å². The summed E-state index contributed by atoms with van der Waals surface area (Å²) in [4.78, 5) is 0. The molecule has 0 aliphatic carbocycles. The van der Waals surface area contributed by atoms with Gasteiger partial charge in [0.1, 0.15) is 0 Å². The summed E-state index contributed by atoms with van der Waals surface area (Å²) < 4.78 is 0. The normalized spacial score (nSPS) is 0. The van der Waals surface area contributed by atoms with Gasteiger partial charge in [0.05, 0.1) is 0 Å². The summed E-state index contributed by atoms with van der Waals surface area (Å²) in [7, 11) is 0. The van der Waals surface area contributed by atoms with E-state index in [2.05, 4.69) is 0 Å². The second-order valence-electron chi connectivity index (χ2n) is 0. The van der Waals surface area contributed by atoms with Gasteiger partial charge in [-0.15, -0.1) is 0 Å². The van der Waals surface area contributed by atoms with Crippen molar-refractivity contribution in [3.63, 3.8) is 0 Å². The minimum absolute atomic E-state index is 0. The molecule has 0 spiro atoms. The van der Waals surface area contributed by atoms with Crippen LogP contribution in [0.25, 0.3) is 0 Å². The topological polar surface area (TPSA) is 0 Å². The fraction of sp³-hybridized carbons (Fsp3) is 0. The average Bonchev–Trinajstić information content (AvgIpc) is 0. The van der Waals surface area contributed by atoms with Gasteiger partial charge in [-0.25, -0.2) is 0 Å². The average molecular weight is 235 g/mol. The van der Waals surface area contributed by atoms with Crippen molar-refractivity contribution in [2.45, 2.75) is 0 Å². The summed E-state index contributed by atoms with van der Waals surface area (Å²) in [6, 6.07) is 0. The molecule has 0 amide bonds. The van der Waals surface area contributed by atoms with Crippen molar-refractivity contribution in [3.05, 3.63) is 0 Å². The maximum absolute atomic E-state index is 0. The molecule has 0 aliphatic rings. The van der Waals surface area contributed by atoms with E-state index in [1.165, 1.54) is 0 Å². The molecule has 5 heavy (non-hydrogen) atoms. The molecule has 0 aromatic heterocycles. The summed E-state index contributed by atoms with van der Waals surface area (Å²) >= 11 is 0. The molecule has 22 valence electrons. The summed E-state index contributed by atoms with van der Waals surface area (Å²) in [5.41, 5.74) is 0. The second kappa shape index (κ2) is 26.8. The molecule has 0 atom stereocenters. The van der Waals surface area contributed by atoms with Crippen molar-refractivity contribution in [2.24, 2.45) is 0 Å². The van der Waals surface area contributed by atoms with Crippen molar-refractivity contribution in [1.29, 1.82) is 0 Å². The van der Waals surface area contributed by atoms with Gasteiger partial charge in [0, 0.05) is 59.2 Å². The predicted molar refractivity (Wildman–Crippen MR) is 14.8 cm³/mol. The summed E-state index contributed by atoms with van der Waals surface area (Å²) in [5, 5.41) is 0. The molecule has 0 rings (SSSR count). The maximum atomic E-state index is 0. The molecule has 0 heterocycles. The van der Waals surface area contributed by atoms with Gasteiger partial charge in [-0.05, 0) is 0 Å². The third-order valence-corrected chi connectivity index (χ3v) is 0. The first kappa shape index (κ1) is 41.0. The Kier molecular flexibility index (Phi) is 219. The molecule has 0 fully saturated rings. The first-order valence-corrected chi connectivity index (χ1v) is 0. The van der Waals surface area contributed by atoms with E-state index in [9.17, 15) is 0 Å². The molecule has 0 saturated heterocycles. The van der Waals surface area contributed by atoms with E-state index < -0.39 is 0 Å².